The number of hydrogen-bond donors (Lipinski definition) is 2. The van der Waals surface area contributed by atoms with Crippen LogP contribution in [0.2, 0.25) is 0 Å². The zero-order chi connectivity index (χ0) is 11.1. The van der Waals surface area contributed by atoms with Crippen LogP contribution >= 0.6 is 0 Å². The van der Waals surface area contributed by atoms with Gasteiger partial charge in [0.1, 0.15) is 0 Å². The normalized spacial score (nSPS) is 12.7. The van der Waals surface area contributed by atoms with Crippen molar-refractivity contribution in [1.29, 1.82) is 0 Å². The molecule has 0 spiro atoms. The van der Waals surface area contributed by atoms with Gasteiger partial charge in [0.05, 0.1) is 6.20 Å². The second kappa shape index (κ2) is 6.37. The largest absolute Gasteiger partial charge is 0.396 e. The fourth-order valence-corrected chi connectivity index (χ4v) is 1.35. The van der Waals surface area contributed by atoms with Gasteiger partial charge in [-0.15, -0.1) is 0 Å². The smallest absolute Gasteiger partial charge is 0.0538 e. The van der Waals surface area contributed by atoms with Gasteiger partial charge in [-0.3, -0.25) is 0 Å². The van der Waals surface area contributed by atoms with Crippen molar-refractivity contribution in [3.63, 3.8) is 0 Å². The molecule has 1 rings (SSSR count). The van der Waals surface area contributed by atoms with E-state index < -0.39 is 0 Å². The van der Waals surface area contributed by atoms with Crippen LogP contribution in [0.3, 0.4) is 0 Å². The van der Waals surface area contributed by atoms with Crippen LogP contribution < -0.4 is 5.32 Å². The number of nitrogens with one attached hydrogen (secondary N) is 1. The van der Waals surface area contributed by atoms with Crippen molar-refractivity contribution >= 4 is 6.20 Å². The molecule has 0 saturated carbocycles. The molecule has 1 heterocycles. The van der Waals surface area contributed by atoms with Crippen molar-refractivity contribution in [2.45, 2.75) is 19.9 Å². The summed E-state index contributed by atoms with van der Waals surface area (Å²) in [6.07, 6.45) is 6.28. The highest BCUT2D eigenvalue weighted by atomic mass is 16.3. The van der Waals surface area contributed by atoms with Gasteiger partial charge in [0.15, 0.2) is 0 Å². The van der Waals surface area contributed by atoms with Gasteiger partial charge >= 0.3 is 0 Å². The third-order valence-corrected chi connectivity index (χ3v) is 2.29. The predicted octanol–water partition coefficient (Wildman–Crippen LogP) is 1.09. The molecule has 4 heteroatoms. The van der Waals surface area contributed by atoms with Crippen molar-refractivity contribution in [3.05, 3.63) is 24.5 Å². The number of aromatic nitrogens is 2. The van der Waals surface area contributed by atoms with Gasteiger partial charge in [-0.1, -0.05) is 13.5 Å². The van der Waals surface area contributed by atoms with Gasteiger partial charge in [-0.25, -0.2) is 4.68 Å². The zero-order valence-corrected chi connectivity index (χ0v) is 9.19. The van der Waals surface area contributed by atoms with Gasteiger partial charge in [-0.2, -0.15) is 5.10 Å². The number of hydrogen-bond acceptors (Lipinski definition) is 3. The van der Waals surface area contributed by atoms with Crippen LogP contribution in [0.15, 0.2) is 19.0 Å². The summed E-state index contributed by atoms with van der Waals surface area (Å²) in [7, 11) is 0. The Morgan fingerprint density at radius 1 is 1.73 bits per heavy atom. The van der Waals surface area contributed by atoms with Crippen LogP contribution in [0.1, 0.15) is 18.9 Å². The van der Waals surface area contributed by atoms with Crippen LogP contribution in [0.4, 0.5) is 0 Å². The Morgan fingerprint density at radius 3 is 3.13 bits per heavy atom. The fourth-order valence-electron chi connectivity index (χ4n) is 1.35. The van der Waals surface area contributed by atoms with Crippen LogP contribution in [-0.2, 0) is 6.54 Å². The summed E-state index contributed by atoms with van der Waals surface area (Å²) >= 11 is 0. The summed E-state index contributed by atoms with van der Waals surface area (Å²) < 4.78 is 1.69. The molecule has 0 bridgehead atoms. The molecule has 4 nitrogen and oxygen atoms in total. The molecule has 0 aliphatic heterocycles. The molecule has 0 aromatic carbocycles. The average molecular weight is 209 g/mol. The SMILES string of the molecule is C=Cn1cc(CNCC(C)CCO)cn1. The summed E-state index contributed by atoms with van der Waals surface area (Å²) in [5, 5.41) is 16.1. The number of nitrogens with zero attached hydrogens (tertiary/aromatic N) is 2. The van der Waals surface area contributed by atoms with Crippen molar-refractivity contribution in [1.82, 2.24) is 15.1 Å². The summed E-state index contributed by atoms with van der Waals surface area (Å²) in [5.74, 6) is 0.504. The topological polar surface area (TPSA) is 50.1 Å². The van der Waals surface area contributed by atoms with Crippen molar-refractivity contribution in [3.8, 4) is 0 Å². The molecule has 84 valence electrons. The first-order valence-electron chi connectivity index (χ1n) is 5.23. The molecule has 1 aromatic heterocycles. The van der Waals surface area contributed by atoms with Crippen molar-refractivity contribution in [2.24, 2.45) is 5.92 Å². The lowest BCUT2D eigenvalue weighted by Crippen LogP contribution is -2.21. The minimum absolute atomic E-state index is 0.261. The molecule has 0 radical (unpaired) electrons. The van der Waals surface area contributed by atoms with Crippen molar-refractivity contribution in [2.75, 3.05) is 13.2 Å². The van der Waals surface area contributed by atoms with Crippen LogP contribution in [0, 0.1) is 5.92 Å². The second-order valence-electron chi connectivity index (χ2n) is 3.76. The van der Waals surface area contributed by atoms with Gasteiger partial charge < -0.3 is 10.4 Å². The molecule has 1 atom stereocenters. The molecular formula is C11H19N3O. The predicted molar refractivity (Wildman–Crippen MR) is 61.2 cm³/mol. The van der Waals surface area contributed by atoms with E-state index in [0.29, 0.717) is 5.92 Å². The molecule has 0 amide bonds. The molecule has 1 aromatic rings. The standard InChI is InChI=1S/C11H19N3O/c1-3-14-9-11(8-13-14)7-12-6-10(2)4-5-15/h3,8-10,12,15H,1,4-7H2,2H3. The zero-order valence-electron chi connectivity index (χ0n) is 9.19. The highest BCUT2D eigenvalue weighted by Crippen LogP contribution is 2.00. The lowest BCUT2D eigenvalue weighted by Gasteiger charge is -2.09. The molecule has 15 heavy (non-hydrogen) atoms. The minimum atomic E-state index is 0.261. The van der Waals surface area contributed by atoms with E-state index in [1.54, 1.807) is 10.9 Å². The quantitative estimate of drug-likeness (QED) is 0.707. The Balaban J connectivity index is 2.22. The van der Waals surface area contributed by atoms with Gasteiger partial charge in [0, 0.05) is 31.1 Å². The van der Waals surface area contributed by atoms with E-state index in [1.807, 2.05) is 12.4 Å². The number of aliphatic hydroxyl groups is 1. The van der Waals surface area contributed by atoms with Crippen LogP contribution in [-0.4, -0.2) is 28.0 Å². The minimum Gasteiger partial charge on any atom is -0.396 e. The van der Waals surface area contributed by atoms with E-state index in [0.717, 1.165) is 25.1 Å². The molecule has 2 N–H and O–H groups in total. The maximum absolute atomic E-state index is 8.74. The maximum atomic E-state index is 8.74. The van der Waals surface area contributed by atoms with Gasteiger partial charge in [0.25, 0.3) is 0 Å². The van der Waals surface area contributed by atoms with Gasteiger partial charge in [-0.05, 0) is 18.9 Å². The molecule has 0 saturated heterocycles. The van der Waals surface area contributed by atoms with E-state index in [1.165, 1.54) is 0 Å². The second-order valence-corrected chi connectivity index (χ2v) is 3.76. The Bertz CT molecular complexity index is 296. The first kappa shape index (κ1) is 11.9. The van der Waals surface area contributed by atoms with Crippen LogP contribution in [0.25, 0.3) is 6.20 Å². The summed E-state index contributed by atoms with van der Waals surface area (Å²) in [4.78, 5) is 0. The molecule has 0 aliphatic rings. The summed E-state index contributed by atoms with van der Waals surface area (Å²) in [6.45, 7) is 7.74. The monoisotopic (exact) mass is 209 g/mol. The molecular weight excluding hydrogens is 190 g/mol. The number of rotatable bonds is 7. The van der Waals surface area contributed by atoms with E-state index in [-0.39, 0.29) is 6.61 Å². The molecule has 0 aliphatic carbocycles. The Labute approximate surface area is 90.6 Å². The van der Waals surface area contributed by atoms with Gasteiger partial charge in [0.2, 0.25) is 0 Å². The van der Waals surface area contributed by atoms with Crippen LogP contribution in [0.5, 0.6) is 0 Å². The Hall–Kier alpha value is -1.13. The van der Waals surface area contributed by atoms with E-state index >= 15 is 0 Å². The first-order valence-corrected chi connectivity index (χ1v) is 5.23. The third-order valence-electron chi connectivity index (χ3n) is 2.29. The van der Waals surface area contributed by atoms with E-state index in [4.69, 9.17) is 5.11 Å². The first-order chi connectivity index (χ1) is 7.26. The Kier molecular flexibility index (Phi) is 5.07. The highest BCUT2D eigenvalue weighted by molar-refractivity contribution is 5.17. The average Bonchev–Trinajstić information content (AvgIpc) is 2.66. The lowest BCUT2D eigenvalue weighted by molar-refractivity contribution is 0.260. The van der Waals surface area contributed by atoms with Crippen molar-refractivity contribution < 1.29 is 5.11 Å². The maximum Gasteiger partial charge on any atom is 0.0538 e. The Morgan fingerprint density at radius 2 is 2.53 bits per heavy atom. The number of aliphatic hydroxyl groups excluding tert-OH is 1. The fraction of sp³-hybridized carbons (Fsp3) is 0.545. The summed E-state index contributed by atoms with van der Waals surface area (Å²) in [5.41, 5.74) is 1.14. The highest BCUT2D eigenvalue weighted by Gasteiger charge is 2.01. The lowest BCUT2D eigenvalue weighted by atomic mass is 10.1. The summed E-state index contributed by atoms with van der Waals surface area (Å²) in [6, 6.07) is 0. The molecule has 0 fully saturated rings. The third kappa shape index (κ3) is 4.27. The van der Waals surface area contributed by atoms with E-state index in [9.17, 15) is 0 Å². The van der Waals surface area contributed by atoms with E-state index in [2.05, 4.69) is 23.9 Å². The molecule has 1 unspecified atom stereocenters.